The number of carbonyl (C=O) groups excluding carboxylic acids is 1. The van der Waals surface area contributed by atoms with Gasteiger partial charge in [-0.1, -0.05) is 29.4 Å². The summed E-state index contributed by atoms with van der Waals surface area (Å²) in [5.74, 6) is 1.92. The van der Waals surface area contributed by atoms with Gasteiger partial charge in [0.1, 0.15) is 0 Å². The summed E-state index contributed by atoms with van der Waals surface area (Å²) in [4.78, 5) is 20.7. The first-order valence-corrected chi connectivity index (χ1v) is 11.2. The number of benzene rings is 2. The van der Waals surface area contributed by atoms with Crippen LogP contribution in [0.25, 0.3) is 11.0 Å². The quantitative estimate of drug-likeness (QED) is 0.313. The Labute approximate surface area is 188 Å². The van der Waals surface area contributed by atoms with Crippen molar-refractivity contribution in [3.63, 3.8) is 0 Å². The van der Waals surface area contributed by atoms with Crippen LogP contribution in [0.5, 0.6) is 11.5 Å². The first-order valence-electron chi connectivity index (χ1n) is 9.84. The number of nitrogens with one attached hydrogen (secondary N) is 1. The van der Waals surface area contributed by atoms with Crippen molar-refractivity contribution in [2.45, 2.75) is 25.5 Å². The molecule has 0 saturated heterocycles. The van der Waals surface area contributed by atoms with E-state index < -0.39 is 0 Å². The Bertz CT molecular complexity index is 1310. The lowest BCUT2D eigenvalue weighted by Crippen LogP contribution is -2.07. The number of hydrogen-bond donors (Lipinski definition) is 1. The second-order valence-corrected chi connectivity index (χ2v) is 8.87. The van der Waals surface area contributed by atoms with Crippen molar-refractivity contribution in [3.8, 4) is 11.5 Å². The van der Waals surface area contributed by atoms with Crippen LogP contribution in [0.3, 0.4) is 0 Å². The van der Waals surface area contributed by atoms with Gasteiger partial charge in [0.2, 0.25) is 6.79 Å². The highest BCUT2D eigenvalue weighted by atomic mass is 35.5. The molecule has 2 aromatic heterocycles. The van der Waals surface area contributed by atoms with Gasteiger partial charge in [-0.25, -0.2) is 4.98 Å². The van der Waals surface area contributed by atoms with Gasteiger partial charge in [-0.2, -0.15) is 0 Å². The summed E-state index contributed by atoms with van der Waals surface area (Å²) in [6.45, 7) is 4.93. The SMILES string of the molecule is Cc1cc(C(=O)CSc2nc3ccc(Cl)cc3[nH]2)c(C)n1Cc1ccc2c(c1)OCO2. The van der Waals surface area contributed by atoms with E-state index in [9.17, 15) is 4.79 Å². The summed E-state index contributed by atoms with van der Waals surface area (Å²) >= 11 is 7.43. The van der Waals surface area contributed by atoms with Crippen molar-refractivity contribution in [1.82, 2.24) is 14.5 Å². The van der Waals surface area contributed by atoms with Gasteiger partial charge in [0, 0.05) is 28.5 Å². The Hall–Kier alpha value is -2.90. The van der Waals surface area contributed by atoms with Crippen LogP contribution < -0.4 is 9.47 Å². The zero-order valence-corrected chi connectivity index (χ0v) is 18.6. The van der Waals surface area contributed by atoms with E-state index in [1.165, 1.54) is 11.8 Å². The van der Waals surface area contributed by atoms with Crippen LogP contribution in [-0.4, -0.2) is 32.9 Å². The number of ketones is 1. The van der Waals surface area contributed by atoms with E-state index in [1.54, 1.807) is 6.07 Å². The standard InChI is InChI=1S/C23H20ClN3O3S/c1-13-7-17(14(2)27(13)10-15-3-6-21-22(8-15)30-12-29-21)20(28)11-31-23-25-18-5-4-16(24)9-19(18)26-23/h3-9H,10-12H2,1-2H3,(H,25,26). The normalized spacial score (nSPS) is 12.6. The van der Waals surface area contributed by atoms with E-state index in [-0.39, 0.29) is 12.6 Å². The minimum absolute atomic E-state index is 0.0773. The molecule has 1 aliphatic rings. The van der Waals surface area contributed by atoms with E-state index in [1.807, 2.05) is 50.2 Å². The van der Waals surface area contributed by atoms with Gasteiger partial charge >= 0.3 is 0 Å². The van der Waals surface area contributed by atoms with Crippen molar-refractivity contribution in [2.24, 2.45) is 0 Å². The van der Waals surface area contributed by atoms with E-state index in [0.29, 0.717) is 22.5 Å². The van der Waals surface area contributed by atoms with Crippen molar-refractivity contribution < 1.29 is 14.3 Å². The molecule has 0 aliphatic carbocycles. The maximum absolute atomic E-state index is 12.9. The largest absolute Gasteiger partial charge is 0.454 e. The van der Waals surface area contributed by atoms with Crippen molar-refractivity contribution in [1.29, 1.82) is 0 Å². The summed E-state index contributed by atoms with van der Waals surface area (Å²) in [5.41, 5.74) is 5.54. The Balaban J connectivity index is 1.31. The van der Waals surface area contributed by atoms with Gasteiger partial charge in [-0.15, -0.1) is 0 Å². The maximum Gasteiger partial charge on any atom is 0.231 e. The van der Waals surface area contributed by atoms with Crippen LogP contribution >= 0.6 is 23.4 Å². The van der Waals surface area contributed by atoms with E-state index in [0.717, 1.165) is 45.0 Å². The van der Waals surface area contributed by atoms with Crippen LogP contribution in [0.1, 0.15) is 27.3 Å². The van der Waals surface area contributed by atoms with Gasteiger partial charge in [-0.05, 0) is 55.8 Å². The van der Waals surface area contributed by atoms with Gasteiger partial charge < -0.3 is 19.0 Å². The number of rotatable bonds is 6. The number of halogens is 1. The summed E-state index contributed by atoms with van der Waals surface area (Å²) in [6, 6.07) is 13.4. The fourth-order valence-electron chi connectivity index (χ4n) is 3.79. The number of imidazole rings is 1. The first kappa shape index (κ1) is 20.0. The molecule has 0 saturated carbocycles. The highest BCUT2D eigenvalue weighted by Crippen LogP contribution is 2.33. The number of nitrogens with zero attached hydrogens (tertiary/aromatic N) is 2. The summed E-state index contributed by atoms with van der Waals surface area (Å²) < 4.78 is 13.0. The molecule has 0 radical (unpaired) electrons. The number of aryl methyl sites for hydroxylation is 1. The molecule has 0 atom stereocenters. The fourth-order valence-corrected chi connectivity index (χ4v) is 4.73. The molecule has 8 heteroatoms. The molecule has 158 valence electrons. The van der Waals surface area contributed by atoms with Gasteiger partial charge in [0.15, 0.2) is 22.4 Å². The second kappa shape index (κ2) is 7.98. The minimum atomic E-state index is 0.0773. The molecule has 3 heterocycles. The molecule has 0 spiro atoms. The summed E-state index contributed by atoms with van der Waals surface area (Å²) in [6.07, 6.45) is 0. The molecule has 31 heavy (non-hydrogen) atoms. The summed E-state index contributed by atoms with van der Waals surface area (Å²) in [5, 5.41) is 1.36. The third-order valence-corrected chi connectivity index (χ3v) is 6.52. The third kappa shape index (κ3) is 3.91. The predicted molar refractivity (Wildman–Crippen MR) is 122 cm³/mol. The molecular formula is C23H20ClN3O3S. The highest BCUT2D eigenvalue weighted by Gasteiger charge is 2.18. The average Bonchev–Trinajstić information content (AvgIpc) is 3.45. The van der Waals surface area contributed by atoms with Crippen molar-refractivity contribution in [3.05, 3.63) is 70.0 Å². The number of Topliss-reactive ketones (excluding diaryl/α,β-unsaturated/α-hetero) is 1. The Morgan fingerprint density at radius 1 is 1.16 bits per heavy atom. The van der Waals surface area contributed by atoms with Crippen molar-refractivity contribution >= 4 is 40.2 Å². The Kier molecular flexibility index (Phi) is 5.16. The van der Waals surface area contributed by atoms with E-state index in [2.05, 4.69) is 14.5 Å². The number of thioether (sulfide) groups is 1. The van der Waals surface area contributed by atoms with Crippen LogP contribution in [-0.2, 0) is 6.54 Å². The Morgan fingerprint density at radius 3 is 2.87 bits per heavy atom. The minimum Gasteiger partial charge on any atom is -0.454 e. The molecule has 6 nitrogen and oxygen atoms in total. The average molecular weight is 454 g/mol. The monoisotopic (exact) mass is 453 g/mol. The zero-order chi connectivity index (χ0) is 21.5. The van der Waals surface area contributed by atoms with Gasteiger partial charge in [0.05, 0.1) is 16.8 Å². The fraction of sp³-hybridized carbons (Fsp3) is 0.217. The number of aromatic amines is 1. The number of ether oxygens (including phenoxy) is 2. The molecule has 1 aliphatic heterocycles. The molecule has 1 N–H and O–H groups in total. The molecule has 0 amide bonds. The Morgan fingerprint density at radius 2 is 2.00 bits per heavy atom. The number of carbonyl (C=O) groups is 1. The topological polar surface area (TPSA) is 69.1 Å². The molecule has 0 fully saturated rings. The lowest BCUT2D eigenvalue weighted by Gasteiger charge is -2.10. The number of aromatic nitrogens is 3. The van der Waals surface area contributed by atoms with Crippen LogP contribution in [0.15, 0.2) is 47.6 Å². The van der Waals surface area contributed by atoms with E-state index in [4.69, 9.17) is 21.1 Å². The number of H-pyrrole nitrogens is 1. The second-order valence-electron chi connectivity index (χ2n) is 7.47. The lowest BCUT2D eigenvalue weighted by molar-refractivity contribution is 0.102. The first-order chi connectivity index (χ1) is 15.0. The molecule has 0 unspecified atom stereocenters. The molecule has 0 bridgehead atoms. The third-order valence-electron chi connectivity index (χ3n) is 5.41. The van der Waals surface area contributed by atoms with Gasteiger partial charge in [0.25, 0.3) is 0 Å². The molecule has 5 rings (SSSR count). The molecule has 2 aromatic carbocycles. The number of hydrogen-bond acceptors (Lipinski definition) is 5. The lowest BCUT2D eigenvalue weighted by atomic mass is 10.1. The predicted octanol–water partition coefficient (Wildman–Crippen LogP) is 5.39. The van der Waals surface area contributed by atoms with E-state index >= 15 is 0 Å². The van der Waals surface area contributed by atoms with Crippen molar-refractivity contribution in [2.75, 3.05) is 12.5 Å². The summed E-state index contributed by atoms with van der Waals surface area (Å²) in [7, 11) is 0. The van der Waals surface area contributed by atoms with Crippen LogP contribution in [0.4, 0.5) is 0 Å². The molecular weight excluding hydrogens is 434 g/mol. The molecule has 4 aromatic rings. The van der Waals surface area contributed by atoms with Crippen LogP contribution in [0, 0.1) is 13.8 Å². The maximum atomic E-state index is 12.9. The zero-order valence-electron chi connectivity index (χ0n) is 17.1. The smallest absolute Gasteiger partial charge is 0.231 e. The van der Waals surface area contributed by atoms with Gasteiger partial charge in [-0.3, -0.25) is 4.79 Å². The highest BCUT2D eigenvalue weighted by molar-refractivity contribution is 7.99. The number of fused-ring (bicyclic) bond motifs is 2. The van der Waals surface area contributed by atoms with Crippen LogP contribution in [0.2, 0.25) is 5.02 Å².